The SMILES string of the molecule is COc1ccc([C@H](C)NS(=O)(=O)c2ccc3c(c2)sc(=O)n3Cc2ccccc2)cc1. The average Bonchev–Trinajstić information content (AvgIpc) is 3.08. The molecule has 0 saturated carbocycles. The number of methoxy groups -OCH3 is 1. The molecule has 0 aliphatic rings. The van der Waals surface area contributed by atoms with E-state index in [1.165, 1.54) is 0 Å². The number of rotatable bonds is 7. The largest absolute Gasteiger partial charge is 0.497 e. The van der Waals surface area contributed by atoms with Crippen LogP contribution in [0.25, 0.3) is 10.2 Å². The van der Waals surface area contributed by atoms with Crippen LogP contribution in [0.3, 0.4) is 0 Å². The molecule has 0 radical (unpaired) electrons. The van der Waals surface area contributed by atoms with Crippen molar-refractivity contribution in [2.75, 3.05) is 7.11 Å². The predicted octanol–water partition coefficient (Wildman–Crippen LogP) is 4.16. The van der Waals surface area contributed by atoms with Crippen LogP contribution in [-0.2, 0) is 16.6 Å². The Kier molecular flexibility index (Phi) is 5.95. The van der Waals surface area contributed by atoms with E-state index in [4.69, 9.17) is 4.74 Å². The van der Waals surface area contributed by atoms with E-state index in [9.17, 15) is 13.2 Å². The lowest BCUT2D eigenvalue weighted by atomic mass is 10.1. The van der Waals surface area contributed by atoms with Crippen LogP contribution >= 0.6 is 11.3 Å². The Morgan fingerprint density at radius 3 is 2.42 bits per heavy atom. The van der Waals surface area contributed by atoms with Gasteiger partial charge in [0.05, 0.1) is 28.8 Å². The molecule has 31 heavy (non-hydrogen) atoms. The van der Waals surface area contributed by atoms with Gasteiger partial charge in [0.25, 0.3) is 0 Å². The minimum Gasteiger partial charge on any atom is -0.497 e. The van der Waals surface area contributed by atoms with Gasteiger partial charge in [-0.3, -0.25) is 9.36 Å². The van der Waals surface area contributed by atoms with Crippen LogP contribution in [0.1, 0.15) is 24.1 Å². The summed E-state index contributed by atoms with van der Waals surface area (Å²) >= 11 is 1.05. The number of aromatic nitrogens is 1. The van der Waals surface area contributed by atoms with E-state index in [1.54, 1.807) is 48.9 Å². The summed E-state index contributed by atoms with van der Waals surface area (Å²) in [6.07, 6.45) is 0. The molecule has 1 atom stereocenters. The Labute approximate surface area is 184 Å². The first-order valence-corrected chi connectivity index (χ1v) is 12.0. The second-order valence-electron chi connectivity index (χ2n) is 7.19. The van der Waals surface area contributed by atoms with Gasteiger partial charge in [0.15, 0.2) is 0 Å². The molecule has 0 aliphatic heterocycles. The fraction of sp³-hybridized carbons (Fsp3) is 0.174. The van der Waals surface area contributed by atoms with Gasteiger partial charge >= 0.3 is 4.87 Å². The normalized spacial score (nSPS) is 12.7. The summed E-state index contributed by atoms with van der Waals surface area (Å²) in [5.74, 6) is 0.708. The van der Waals surface area contributed by atoms with Crippen molar-refractivity contribution in [3.05, 3.63) is 93.6 Å². The summed E-state index contributed by atoms with van der Waals surface area (Å²) in [7, 11) is -2.18. The molecule has 1 aromatic heterocycles. The smallest absolute Gasteiger partial charge is 0.308 e. The average molecular weight is 455 g/mol. The highest BCUT2D eigenvalue weighted by Gasteiger charge is 2.20. The van der Waals surface area contributed by atoms with Crippen LogP contribution in [0, 0.1) is 0 Å². The van der Waals surface area contributed by atoms with Crippen LogP contribution in [0.2, 0.25) is 0 Å². The fourth-order valence-corrected chi connectivity index (χ4v) is 5.65. The summed E-state index contributed by atoms with van der Waals surface area (Å²) in [5.41, 5.74) is 2.56. The number of ether oxygens (including phenoxy) is 1. The van der Waals surface area contributed by atoms with Gasteiger partial charge in [-0.15, -0.1) is 0 Å². The highest BCUT2D eigenvalue weighted by molar-refractivity contribution is 7.89. The fourth-order valence-electron chi connectivity index (χ4n) is 3.39. The van der Waals surface area contributed by atoms with E-state index in [-0.39, 0.29) is 9.77 Å². The Morgan fingerprint density at radius 1 is 1.03 bits per heavy atom. The summed E-state index contributed by atoms with van der Waals surface area (Å²) in [6.45, 7) is 2.23. The summed E-state index contributed by atoms with van der Waals surface area (Å²) < 4.78 is 36.1. The van der Waals surface area contributed by atoms with Crippen molar-refractivity contribution in [2.24, 2.45) is 0 Å². The summed E-state index contributed by atoms with van der Waals surface area (Å²) in [6, 6.07) is 21.3. The van der Waals surface area contributed by atoms with Gasteiger partial charge in [-0.2, -0.15) is 0 Å². The lowest BCUT2D eigenvalue weighted by molar-refractivity contribution is 0.414. The van der Waals surface area contributed by atoms with Gasteiger partial charge in [-0.05, 0) is 48.4 Å². The maximum atomic E-state index is 12.9. The van der Waals surface area contributed by atoms with Crippen LogP contribution < -0.4 is 14.3 Å². The first-order chi connectivity index (χ1) is 14.9. The first-order valence-electron chi connectivity index (χ1n) is 9.71. The third-order valence-corrected chi connectivity index (χ3v) is 7.56. The van der Waals surface area contributed by atoms with E-state index in [0.717, 1.165) is 28.0 Å². The number of hydrogen-bond acceptors (Lipinski definition) is 5. The van der Waals surface area contributed by atoms with Gasteiger partial charge < -0.3 is 4.74 Å². The van der Waals surface area contributed by atoms with Crippen molar-refractivity contribution in [1.29, 1.82) is 0 Å². The number of benzene rings is 3. The number of fused-ring (bicyclic) bond motifs is 1. The van der Waals surface area contributed by atoms with Crippen molar-refractivity contribution in [3.8, 4) is 5.75 Å². The van der Waals surface area contributed by atoms with Gasteiger partial charge in [0.2, 0.25) is 10.0 Å². The molecule has 4 rings (SSSR count). The van der Waals surface area contributed by atoms with Crippen molar-refractivity contribution in [3.63, 3.8) is 0 Å². The van der Waals surface area contributed by atoms with E-state index in [1.807, 2.05) is 42.5 Å². The second kappa shape index (κ2) is 8.66. The quantitative estimate of drug-likeness (QED) is 0.455. The molecule has 0 aliphatic carbocycles. The molecule has 0 bridgehead atoms. The lowest BCUT2D eigenvalue weighted by Crippen LogP contribution is -2.26. The number of hydrogen-bond donors (Lipinski definition) is 1. The van der Waals surface area contributed by atoms with Gasteiger partial charge in [0.1, 0.15) is 5.75 Å². The van der Waals surface area contributed by atoms with Crippen molar-refractivity contribution < 1.29 is 13.2 Å². The van der Waals surface area contributed by atoms with E-state index in [2.05, 4.69) is 4.72 Å². The lowest BCUT2D eigenvalue weighted by Gasteiger charge is -2.15. The summed E-state index contributed by atoms with van der Waals surface area (Å²) in [4.78, 5) is 12.5. The van der Waals surface area contributed by atoms with E-state index >= 15 is 0 Å². The number of thiazole rings is 1. The summed E-state index contributed by atoms with van der Waals surface area (Å²) in [5, 5.41) is 0. The molecule has 4 aromatic rings. The molecular formula is C23H22N2O4S2. The molecule has 0 unspecified atom stereocenters. The first kappa shape index (κ1) is 21.3. The molecular weight excluding hydrogens is 432 g/mol. The second-order valence-corrected chi connectivity index (χ2v) is 9.89. The molecule has 0 saturated heterocycles. The zero-order valence-corrected chi connectivity index (χ0v) is 18.7. The zero-order valence-electron chi connectivity index (χ0n) is 17.1. The molecule has 1 heterocycles. The molecule has 1 N–H and O–H groups in total. The number of nitrogens with one attached hydrogen (secondary N) is 1. The molecule has 0 amide bonds. The van der Waals surface area contributed by atoms with E-state index < -0.39 is 16.1 Å². The Morgan fingerprint density at radius 2 is 1.74 bits per heavy atom. The van der Waals surface area contributed by atoms with Crippen LogP contribution in [0.5, 0.6) is 5.75 Å². The zero-order chi connectivity index (χ0) is 22.0. The molecule has 160 valence electrons. The highest BCUT2D eigenvalue weighted by atomic mass is 32.2. The number of nitrogens with zero attached hydrogens (tertiary/aromatic N) is 1. The minimum atomic E-state index is -3.76. The van der Waals surface area contributed by atoms with Crippen LogP contribution in [-0.4, -0.2) is 20.1 Å². The van der Waals surface area contributed by atoms with Crippen LogP contribution in [0.4, 0.5) is 0 Å². The molecule has 6 nitrogen and oxygen atoms in total. The Balaban J connectivity index is 1.60. The van der Waals surface area contributed by atoms with Gasteiger partial charge in [-0.25, -0.2) is 13.1 Å². The topological polar surface area (TPSA) is 77.4 Å². The molecule has 3 aromatic carbocycles. The van der Waals surface area contributed by atoms with Crippen molar-refractivity contribution >= 4 is 31.6 Å². The monoisotopic (exact) mass is 454 g/mol. The van der Waals surface area contributed by atoms with Gasteiger partial charge in [0, 0.05) is 6.04 Å². The highest BCUT2D eigenvalue weighted by Crippen LogP contribution is 2.24. The minimum absolute atomic E-state index is 0.118. The third-order valence-electron chi connectivity index (χ3n) is 5.08. The number of sulfonamides is 1. The molecule has 0 spiro atoms. The van der Waals surface area contributed by atoms with Crippen LogP contribution in [0.15, 0.2) is 82.5 Å². The van der Waals surface area contributed by atoms with Crippen molar-refractivity contribution in [1.82, 2.24) is 9.29 Å². The Hall–Kier alpha value is -2.94. The molecule has 0 fully saturated rings. The predicted molar refractivity (Wildman–Crippen MR) is 123 cm³/mol. The maximum Gasteiger partial charge on any atom is 0.308 e. The van der Waals surface area contributed by atoms with Gasteiger partial charge in [-0.1, -0.05) is 53.8 Å². The molecule has 8 heteroatoms. The third kappa shape index (κ3) is 4.56. The van der Waals surface area contributed by atoms with Crippen molar-refractivity contribution in [2.45, 2.75) is 24.4 Å². The Bertz CT molecular complexity index is 1360. The van der Waals surface area contributed by atoms with E-state index in [0.29, 0.717) is 17.0 Å². The standard InChI is InChI=1S/C23H22N2O4S2/c1-16(18-8-10-19(29-2)11-9-18)24-31(27,28)20-12-13-21-22(14-20)30-23(26)25(21)15-17-6-4-3-5-7-17/h3-14,16,24H,15H2,1-2H3/t16-/m0/s1. The maximum absolute atomic E-state index is 12.9.